The molecular formula is C9H9BrFNO. The topological polar surface area (TPSA) is 21.3 Å². The molecular weight excluding hydrogens is 237 g/mol. The first kappa shape index (κ1) is 10.2. The van der Waals surface area contributed by atoms with E-state index in [0.717, 1.165) is 11.3 Å². The normalized spacial score (nSPS) is 11.5. The summed E-state index contributed by atoms with van der Waals surface area (Å²) in [5.41, 5.74) is 4.25. The highest BCUT2D eigenvalue weighted by Gasteiger charge is 1.99. The number of nitrogens with one attached hydrogen (secondary N) is 1. The second-order valence-electron chi connectivity index (χ2n) is 2.34. The summed E-state index contributed by atoms with van der Waals surface area (Å²) >= 11 is 3.17. The van der Waals surface area contributed by atoms with Gasteiger partial charge in [0.15, 0.2) is 0 Å². The third kappa shape index (κ3) is 2.82. The van der Waals surface area contributed by atoms with E-state index in [-0.39, 0.29) is 5.82 Å². The van der Waals surface area contributed by atoms with Gasteiger partial charge in [-0.3, -0.25) is 10.3 Å². The molecule has 0 atom stereocenters. The van der Waals surface area contributed by atoms with Crippen LogP contribution in [0, 0.1) is 5.82 Å². The molecule has 0 aliphatic carbocycles. The molecule has 0 aliphatic heterocycles. The Balaban J connectivity index is 2.87. The van der Waals surface area contributed by atoms with Crippen LogP contribution in [0.15, 0.2) is 29.3 Å². The van der Waals surface area contributed by atoms with Crippen molar-refractivity contribution in [2.45, 2.75) is 0 Å². The molecule has 70 valence electrons. The van der Waals surface area contributed by atoms with Gasteiger partial charge in [0.05, 0.1) is 12.8 Å². The molecule has 1 rings (SSSR count). The van der Waals surface area contributed by atoms with Crippen molar-refractivity contribution in [3.8, 4) is 0 Å². The van der Waals surface area contributed by atoms with Crippen molar-refractivity contribution in [3.05, 3.63) is 40.6 Å². The number of hydrogen-bond donors (Lipinski definition) is 1. The molecule has 13 heavy (non-hydrogen) atoms. The smallest absolute Gasteiger partial charge is 0.123 e. The van der Waals surface area contributed by atoms with Crippen molar-refractivity contribution in [1.82, 2.24) is 5.48 Å². The average Bonchev–Trinajstić information content (AvgIpc) is 2.16. The number of benzene rings is 1. The van der Waals surface area contributed by atoms with Crippen LogP contribution in [0.5, 0.6) is 0 Å². The molecule has 2 nitrogen and oxygen atoms in total. The third-order valence-electron chi connectivity index (χ3n) is 1.48. The fourth-order valence-electron chi connectivity index (χ4n) is 0.884. The minimum Gasteiger partial charge on any atom is -0.279 e. The van der Waals surface area contributed by atoms with Crippen LogP contribution in [0.1, 0.15) is 5.56 Å². The van der Waals surface area contributed by atoms with Crippen LogP contribution in [0.25, 0.3) is 5.70 Å². The SMILES string of the molecule is CONC(=CBr)c1ccc(F)cc1. The second-order valence-corrected chi connectivity index (χ2v) is 2.79. The minimum atomic E-state index is -0.255. The fourth-order valence-corrected chi connectivity index (χ4v) is 1.24. The quantitative estimate of drug-likeness (QED) is 0.828. The van der Waals surface area contributed by atoms with Gasteiger partial charge in [-0.2, -0.15) is 0 Å². The number of halogens is 2. The first-order valence-electron chi connectivity index (χ1n) is 3.63. The van der Waals surface area contributed by atoms with Gasteiger partial charge >= 0.3 is 0 Å². The summed E-state index contributed by atoms with van der Waals surface area (Å²) in [4.78, 5) is 6.41. The Kier molecular flexibility index (Phi) is 3.92. The highest BCUT2D eigenvalue weighted by molar-refractivity contribution is 9.11. The van der Waals surface area contributed by atoms with Gasteiger partial charge in [-0.25, -0.2) is 4.39 Å². The second kappa shape index (κ2) is 4.99. The Labute approximate surface area is 84.5 Å². The van der Waals surface area contributed by atoms with Crippen molar-refractivity contribution in [2.75, 3.05) is 7.11 Å². The number of rotatable bonds is 3. The molecule has 0 aromatic heterocycles. The summed E-state index contributed by atoms with van der Waals surface area (Å²) in [7, 11) is 1.51. The Morgan fingerprint density at radius 2 is 2.08 bits per heavy atom. The molecule has 0 heterocycles. The number of hydroxylamine groups is 1. The highest BCUT2D eigenvalue weighted by atomic mass is 79.9. The zero-order valence-electron chi connectivity index (χ0n) is 7.05. The summed E-state index contributed by atoms with van der Waals surface area (Å²) in [5.74, 6) is -0.255. The standard InChI is InChI=1S/C9H9BrFNO/c1-13-12-9(6-10)7-2-4-8(11)5-3-7/h2-6,12H,1H3. The van der Waals surface area contributed by atoms with E-state index in [1.165, 1.54) is 19.2 Å². The van der Waals surface area contributed by atoms with Crippen LogP contribution in [-0.2, 0) is 4.84 Å². The summed E-state index contributed by atoms with van der Waals surface area (Å²) in [6, 6.07) is 6.11. The van der Waals surface area contributed by atoms with Crippen molar-refractivity contribution >= 4 is 21.6 Å². The molecule has 0 unspecified atom stereocenters. The van der Waals surface area contributed by atoms with Gasteiger partial charge in [0, 0.05) is 10.5 Å². The van der Waals surface area contributed by atoms with Crippen LogP contribution in [0.4, 0.5) is 4.39 Å². The van der Waals surface area contributed by atoms with Gasteiger partial charge in [0.25, 0.3) is 0 Å². The van der Waals surface area contributed by atoms with E-state index in [9.17, 15) is 4.39 Å². The first-order chi connectivity index (χ1) is 6.27. The Morgan fingerprint density at radius 3 is 2.54 bits per heavy atom. The molecule has 0 amide bonds. The molecule has 0 saturated carbocycles. The lowest BCUT2D eigenvalue weighted by Crippen LogP contribution is -2.09. The van der Waals surface area contributed by atoms with E-state index in [2.05, 4.69) is 21.4 Å². The maximum Gasteiger partial charge on any atom is 0.123 e. The van der Waals surface area contributed by atoms with Crippen LogP contribution in [0.2, 0.25) is 0 Å². The Bertz CT molecular complexity index is 297. The van der Waals surface area contributed by atoms with Gasteiger partial charge in [-0.1, -0.05) is 15.9 Å². The zero-order chi connectivity index (χ0) is 9.68. The molecule has 0 aliphatic rings. The van der Waals surface area contributed by atoms with E-state index in [1.807, 2.05) is 0 Å². The predicted octanol–water partition coefficient (Wildman–Crippen LogP) is 2.67. The van der Waals surface area contributed by atoms with Gasteiger partial charge in [-0.05, 0) is 24.3 Å². The molecule has 0 radical (unpaired) electrons. The lowest BCUT2D eigenvalue weighted by atomic mass is 10.2. The van der Waals surface area contributed by atoms with E-state index in [4.69, 9.17) is 4.84 Å². The Hall–Kier alpha value is -0.870. The lowest BCUT2D eigenvalue weighted by molar-refractivity contribution is 0.137. The van der Waals surface area contributed by atoms with E-state index < -0.39 is 0 Å². The Morgan fingerprint density at radius 1 is 1.46 bits per heavy atom. The molecule has 1 N–H and O–H groups in total. The highest BCUT2D eigenvalue weighted by Crippen LogP contribution is 2.13. The summed E-state index contributed by atoms with van der Waals surface area (Å²) in [5, 5.41) is 0. The van der Waals surface area contributed by atoms with E-state index >= 15 is 0 Å². The fraction of sp³-hybridized carbons (Fsp3) is 0.111. The minimum absolute atomic E-state index is 0.255. The van der Waals surface area contributed by atoms with Crippen LogP contribution >= 0.6 is 15.9 Å². The van der Waals surface area contributed by atoms with Crippen LogP contribution in [-0.4, -0.2) is 7.11 Å². The largest absolute Gasteiger partial charge is 0.279 e. The number of hydrogen-bond acceptors (Lipinski definition) is 2. The molecule has 1 aromatic carbocycles. The van der Waals surface area contributed by atoms with Gasteiger partial charge in [-0.15, -0.1) is 0 Å². The summed E-state index contributed by atoms with van der Waals surface area (Å²) in [6.45, 7) is 0. The van der Waals surface area contributed by atoms with Crippen molar-refractivity contribution in [3.63, 3.8) is 0 Å². The van der Waals surface area contributed by atoms with Crippen molar-refractivity contribution in [1.29, 1.82) is 0 Å². The van der Waals surface area contributed by atoms with Gasteiger partial charge in [0.2, 0.25) is 0 Å². The van der Waals surface area contributed by atoms with Crippen molar-refractivity contribution < 1.29 is 9.23 Å². The van der Waals surface area contributed by atoms with Crippen LogP contribution in [0.3, 0.4) is 0 Å². The maximum absolute atomic E-state index is 12.6. The molecule has 0 saturated heterocycles. The maximum atomic E-state index is 12.6. The zero-order valence-corrected chi connectivity index (χ0v) is 8.64. The predicted molar refractivity (Wildman–Crippen MR) is 53.4 cm³/mol. The van der Waals surface area contributed by atoms with Gasteiger partial charge < -0.3 is 0 Å². The molecule has 4 heteroatoms. The molecule has 0 fully saturated rings. The summed E-state index contributed by atoms with van der Waals surface area (Å²) < 4.78 is 12.6. The van der Waals surface area contributed by atoms with Gasteiger partial charge in [0.1, 0.15) is 5.82 Å². The molecule has 0 spiro atoms. The van der Waals surface area contributed by atoms with E-state index in [1.54, 1.807) is 17.1 Å². The first-order valence-corrected chi connectivity index (χ1v) is 4.55. The lowest BCUT2D eigenvalue weighted by Gasteiger charge is -2.06. The van der Waals surface area contributed by atoms with E-state index in [0.29, 0.717) is 0 Å². The van der Waals surface area contributed by atoms with Crippen molar-refractivity contribution in [2.24, 2.45) is 0 Å². The van der Waals surface area contributed by atoms with Crippen LogP contribution < -0.4 is 5.48 Å². The summed E-state index contributed by atoms with van der Waals surface area (Å²) in [6.07, 6.45) is 0. The average molecular weight is 246 g/mol. The monoisotopic (exact) mass is 245 g/mol. The molecule has 1 aromatic rings. The molecule has 0 bridgehead atoms. The third-order valence-corrected chi connectivity index (χ3v) is 1.93.